The molecular formula is C11H17N3O2S. The highest BCUT2D eigenvalue weighted by atomic mass is 32.1. The lowest BCUT2D eigenvalue weighted by molar-refractivity contribution is -0.00859. The van der Waals surface area contributed by atoms with Crippen molar-refractivity contribution >= 4 is 22.4 Å². The maximum Gasteiger partial charge on any atom is 0.263 e. The molecule has 0 bridgehead atoms. The number of aryl methyl sites for hydroxylation is 1. The van der Waals surface area contributed by atoms with E-state index in [1.807, 2.05) is 6.92 Å². The summed E-state index contributed by atoms with van der Waals surface area (Å²) in [4.78, 5) is 16.6. The Balaban J connectivity index is 1.85. The lowest BCUT2D eigenvalue weighted by atomic mass is 9.89. The first-order valence-electron chi connectivity index (χ1n) is 5.75. The van der Waals surface area contributed by atoms with Crippen LogP contribution in [0.25, 0.3) is 0 Å². The van der Waals surface area contributed by atoms with Crippen molar-refractivity contribution in [2.24, 2.45) is 0 Å². The molecule has 0 saturated heterocycles. The van der Waals surface area contributed by atoms with Crippen LogP contribution in [0.3, 0.4) is 0 Å². The topological polar surface area (TPSA) is 77.2 Å². The average molecular weight is 255 g/mol. The largest absolute Gasteiger partial charge is 0.378 e. The molecule has 0 spiro atoms. The van der Waals surface area contributed by atoms with E-state index in [0.29, 0.717) is 21.8 Å². The fourth-order valence-corrected chi connectivity index (χ4v) is 2.67. The van der Waals surface area contributed by atoms with Crippen molar-refractivity contribution < 1.29 is 9.53 Å². The first-order chi connectivity index (χ1) is 8.10. The van der Waals surface area contributed by atoms with Gasteiger partial charge in [-0.15, -0.1) is 0 Å². The van der Waals surface area contributed by atoms with Crippen molar-refractivity contribution in [3.8, 4) is 0 Å². The van der Waals surface area contributed by atoms with Crippen LogP contribution in [0.5, 0.6) is 0 Å². The number of nitrogen functional groups attached to an aromatic ring is 1. The Kier molecular flexibility index (Phi) is 3.63. The predicted molar refractivity (Wildman–Crippen MR) is 67.2 cm³/mol. The minimum absolute atomic E-state index is 0.0725. The van der Waals surface area contributed by atoms with Crippen molar-refractivity contribution in [2.45, 2.75) is 38.8 Å². The van der Waals surface area contributed by atoms with Gasteiger partial charge in [0, 0.05) is 12.6 Å². The maximum absolute atomic E-state index is 11.9. The summed E-state index contributed by atoms with van der Waals surface area (Å²) in [5, 5.41) is 3.41. The highest BCUT2D eigenvalue weighted by molar-refractivity contribution is 7.17. The lowest BCUT2D eigenvalue weighted by Gasteiger charge is -2.35. The zero-order valence-electron chi connectivity index (χ0n) is 10.0. The number of hydrogen-bond donors (Lipinski definition) is 2. The molecule has 0 radical (unpaired) electrons. The van der Waals surface area contributed by atoms with Gasteiger partial charge in [0.15, 0.2) is 5.13 Å². The number of carbonyl (C=O) groups excluding carboxylic acids is 1. The Morgan fingerprint density at radius 2 is 2.35 bits per heavy atom. The molecule has 1 aliphatic carbocycles. The van der Waals surface area contributed by atoms with E-state index in [1.54, 1.807) is 6.92 Å². The molecule has 1 saturated carbocycles. The minimum Gasteiger partial charge on any atom is -0.378 e. The van der Waals surface area contributed by atoms with Crippen LogP contribution in [0.2, 0.25) is 0 Å². The summed E-state index contributed by atoms with van der Waals surface area (Å²) >= 11 is 1.23. The zero-order chi connectivity index (χ0) is 12.4. The van der Waals surface area contributed by atoms with E-state index in [1.165, 1.54) is 11.3 Å². The molecule has 1 heterocycles. The minimum atomic E-state index is -0.0725. The molecule has 94 valence electrons. The van der Waals surface area contributed by atoms with Crippen molar-refractivity contribution in [3.63, 3.8) is 0 Å². The van der Waals surface area contributed by atoms with E-state index >= 15 is 0 Å². The summed E-state index contributed by atoms with van der Waals surface area (Å²) in [5.41, 5.74) is 6.26. The van der Waals surface area contributed by atoms with Gasteiger partial charge in [0.25, 0.3) is 5.91 Å². The number of rotatable bonds is 4. The van der Waals surface area contributed by atoms with E-state index in [0.717, 1.165) is 19.4 Å². The second-order valence-corrected chi connectivity index (χ2v) is 5.22. The van der Waals surface area contributed by atoms with Gasteiger partial charge in [-0.1, -0.05) is 11.3 Å². The average Bonchev–Trinajstić information content (AvgIpc) is 2.54. The van der Waals surface area contributed by atoms with Gasteiger partial charge in [-0.2, -0.15) is 0 Å². The van der Waals surface area contributed by atoms with Crippen LogP contribution < -0.4 is 11.1 Å². The van der Waals surface area contributed by atoms with Crippen molar-refractivity contribution in [2.75, 3.05) is 12.3 Å². The van der Waals surface area contributed by atoms with E-state index in [9.17, 15) is 4.79 Å². The predicted octanol–water partition coefficient (Wildman–Crippen LogP) is 1.33. The molecule has 2 rings (SSSR count). The summed E-state index contributed by atoms with van der Waals surface area (Å²) in [6.07, 6.45) is 2.10. The number of aromatic nitrogens is 1. The number of carbonyl (C=O) groups is 1. The second kappa shape index (κ2) is 5.01. The standard InChI is InChI=1S/C11H17N3O2S/c1-3-16-8-4-7(5-8)14-10(15)9-6(2)13-11(12)17-9/h7-8H,3-5H2,1-2H3,(H2,12,13)(H,14,15). The number of ether oxygens (including phenoxy) is 1. The number of thiazole rings is 1. The van der Waals surface area contributed by atoms with Crippen molar-refractivity contribution in [3.05, 3.63) is 10.6 Å². The Hall–Kier alpha value is -1.14. The van der Waals surface area contributed by atoms with Gasteiger partial charge < -0.3 is 15.8 Å². The molecule has 6 heteroatoms. The second-order valence-electron chi connectivity index (χ2n) is 4.19. The summed E-state index contributed by atoms with van der Waals surface area (Å²) in [6, 6.07) is 0.224. The zero-order valence-corrected chi connectivity index (χ0v) is 10.8. The van der Waals surface area contributed by atoms with Crippen LogP contribution >= 0.6 is 11.3 Å². The van der Waals surface area contributed by atoms with Gasteiger partial charge in [0.1, 0.15) is 4.88 Å². The molecular weight excluding hydrogens is 238 g/mol. The van der Waals surface area contributed by atoms with Crippen LogP contribution in [0.1, 0.15) is 35.1 Å². The van der Waals surface area contributed by atoms with Gasteiger partial charge in [0.05, 0.1) is 11.8 Å². The van der Waals surface area contributed by atoms with Gasteiger partial charge in [-0.25, -0.2) is 4.98 Å². The normalized spacial score (nSPS) is 23.2. The molecule has 0 unspecified atom stereocenters. The summed E-state index contributed by atoms with van der Waals surface area (Å²) in [5.74, 6) is -0.0725. The number of nitrogens with zero attached hydrogens (tertiary/aromatic N) is 1. The number of nitrogens with two attached hydrogens (primary N) is 1. The number of anilines is 1. The van der Waals surface area contributed by atoms with E-state index < -0.39 is 0 Å². The van der Waals surface area contributed by atoms with Crippen LogP contribution in [0.15, 0.2) is 0 Å². The van der Waals surface area contributed by atoms with E-state index in [4.69, 9.17) is 10.5 Å². The molecule has 5 nitrogen and oxygen atoms in total. The van der Waals surface area contributed by atoms with Gasteiger partial charge in [0.2, 0.25) is 0 Å². The van der Waals surface area contributed by atoms with Gasteiger partial charge >= 0.3 is 0 Å². The molecule has 0 atom stereocenters. The quantitative estimate of drug-likeness (QED) is 0.851. The third kappa shape index (κ3) is 2.76. The van der Waals surface area contributed by atoms with Crippen LogP contribution in [-0.4, -0.2) is 29.6 Å². The fourth-order valence-electron chi connectivity index (χ4n) is 1.93. The smallest absolute Gasteiger partial charge is 0.263 e. The molecule has 0 aromatic carbocycles. The molecule has 1 aromatic rings. The first kappa shape index (κ1) is 12.3. The van der Waals surface area contributed by atoms with Gasteiger partial charge in [-0.05, 0) is 26.7 Å². The maximum atomic E-state index is 11.9. The number of nitrogens with one attached hydrogen (secondary N) is 1. The fraction of sp³-hybridized carbons (Fsp3) is 0.636. The molecule has 17 heavy (non-hydrogen) atoms. The SMILES string of the molecule is CCOC1CC(NC(=O)c2sc(N)nc2C)C1. The van der Waals surface area contributed by atoms with Crippen molar-refractivity contribution in [1.82, 2.24) is 10.3 Å². The molecule has 0 aliphatic heterocycles. The summed E-state index contributed by atoms with van der Waals surface area (Å²) in [7, 11) is 0. The molecule has 1 amide bonds. The van der Waals surface area contributed by atoms with Crippen LogP contribution in [0, 0.1) is 6.92 Å². The number of hydrogen-bond acceptors (Lipinski definition) is 5. The third-order valence-corrected chi connectivity index (χ3v) is 3.84. The van der Waals surface area contributed by atoms with E-state index in [2.05, 4.69) is 10.3 Å². The lowest BCUT2D eigenvalue weighted by Crippen LogP contribution is -2.47. The van der Waals surface area contributed by atoms with E-state index in [-0.39, 0.29) is 11.9 Å². The monoisotopic (exact) mass is 255 g/mol. The Morgan fingerprint density at radius 1 is 1.65 bits per heavy atom. The molecule has 1 fully saturated rings. The summed E-state index contributed by atoms with van der Waals surface area (Å²) < 4.78 is 5.44. The highest BCUT2D eigenvalue weighted by Gasteiger charge is 2.31. The van der Waals surface area contributed by atoms with Crippen molar-refractivity contribution in [1.29, 1.82) is 0 Å². The molecule has 1 aromatic heterocycles. The highest BCUT2D eigenvalue weighted by Crippen LogP contribution is 2.25. The molecule has 3 N–H and O–H groups in total. The Morgan fingerprint density at radius 3 is 2.88 bits per heavy atom. The Bertz CT molecular complexity index is 413. The molecule has 1 aliphatic rings. The first-order valence-corrected chi connectivity index (χ1v) is 6.57. The van der Waals surface area contributed by atoms with Gasteiger partial charge in [-0.3, -0.25) is 4.79 Å². The van der Waals surface area contributed by atoms with Crippen LogP contribution in [-0.2, 0) is 4.74 Å². The Labute approximate surface area is 104 Å². The summed E-state index contributed by atoms with van der Waals surface area (Å²) in [6.45, 7) is 4.51. The number of amides is 1. The van der Waals surface area contributed by atoms with Crippen LogP contribution in [0.4, 0.5) is 5.13 Å². The third-order valence-electron chi connectivity index (χ3n) is 2.85.